The second kappa shape index (κ2) is 8.25. The Labute approximate surface area is 155 Å². The SMILES string of the molecule is Cn1c(SCCOc2ccc(S(=O)(=O)N3CCOCC3)cc2)n[nH]c1=O. The molecule has 1 saturated heterocycles. The van der Waals surface area contributed by atoms with Gasteiger partial charge < -0.3 is 9.47 Å². The molecular formula is C15H20N4O5S2. The van der Waals surface area contributed by atoms with Gasteiger partial charge in [-0.3, -0.25) is 4.57 Å². The predicted molar refractivity (Wildman–Crippen MR) is 96.1 cm³/mol. The summed E-state index contributed by atoms with van der Waals surface area (Å²) < 4.78 is 38.7. The molecular weight excluding hydrogens is 380 g/mol. The molecule has 9 nitrogen and oxygen atoms in total. The minimum atomic E-state index is -3.49. The summed E-state index contributed by atoms with van der Waals surface area (Å²) in [4.78, 5) is 11.5. The van der Waals surface area contributed by atoms with Gasteiger partial charge in [0, 0.05) is 25.9 Å². The summed E-state index contributed by atoms with van der Waals surface area (Å²) in [6, 6.07) is 6.37. The van der Waals surface area contributed by atoms with E-state index in [4.69, 9.17) is 9.47 Å². The number of morpholine rings is 1. The number of rotatable bonds is 7. The lowest BCUT2D eigenvalue weighted by Gasteiger charge is -2.26. The van der Waals surface area contributed by atoms with Gasteiger partial charge in [0.1, 0.15) is 5.75 Å². The Morgan fingerprint density at radius 3 is 2.58 bits per heavy atom. The number of ether oxygens (including phenoxy) is 2. The van der Waals surface area contributed by atoms with Crippen molar-refractivity contribution in [2.24, 2.45) is 7.05 Å². The van der Waals surface area contributed by atoms with Crippen molar-refractivity contribution in [3.8, 4) is 5.75 Å². The molecule has 1 fully saturated rings. The molecule has 1 aliphatic rings. The molecule has 0 spiro atoms. The number of nitrogens with zero attached hydrogens (tertiary/aromatic N) is 3. The van der Waals surface area contributed by atoms with E-state index in [0.717, 1.165) is 0 Å². The highest BCUT2D eigenvalue weighted by Crippen LogP contribution is 2.21. The molecule has 0 radical (unpaired) electrons. The van der Waals surface area contributed by atoms with Crippen LogP contribution in [0.4, 0.5) is 0 Å². The van der Waals surface area contributed by atoms with Gasteiger partial charge in [0.2, 0.25) is 10.0 Å². The number of nitrogens with one attached hydrogen (secondary N) is 1. The lowest BCUT2D eigenvalue weighted by atomic mass is 10.3. The third kappa shape index (κ3) is 4.29. The Morgan fingerprint density at radius 1 is 1.27 bits per heavy atom. The second-order valence-corrected chi connectivity index (χ2v) is 8.56. The van der Waals surface area contributed by atoms with Crippen LogP contribution in [0.3, 0.4) is 0 Å². The summed E-state index contributed by atoms with van der Waals surface area (Å²) in [6.45, 7) is 1.97. The van der Waals surface area contributed by atoms with Crippen LogP contribution < -0.4 is 10.4 Å². The van der Waals surface area contributed by atoms with Gasteiger partial charge in [-0.1, -0.05) is 11.8 Å². The smallest absolute Gasteiger partial charge is 0.343 e. The largest absolute Gasteiger partial charge is 0.493 e. The molecule has 0 bridgehead atoms. The number of aromatic amines is 1. The Balaban J connectivity index is 1.52. The molecule has 1 aliphatic heterocycles. The molecule has 0 unspecified atom stereocenters. The zero-order valence-corrected chi connectivity index (χ0v) is 15.9. The van der Waals surface area contributed by atoms with Crippen LogP contribution in [0.1, 0.15) is 0 Å². The summed E-state index contributed by atoms with van der Waals surface area (Å²) in [7, 11) is -1.85. The Morgan fingerprint density at radius 2 is 1.96 bits per heavy atom. The number of sulfonamides is 1. The van der Waals surface area contributed by atoms with E-state index in [2.05, 4.69) is 10.2 Å². The van der Waals surface area contributed by atoms with Gasteiger partial charge in [0.15, 0.2) is 5.16 Å². The van der Waals surface area contributed by atoms with E-state index in [-0.39, 0.29) is 10.6 Å². The van der Waals surface area contributed by atoms with Crippen molar-refractivity contribution >= 4 is 21.8 Å². The molecule has 142 valence electrons. The maximum Gasteiger partial charge on any atom is 0.343 e. The topological polar surface area (TPSA) is 107 Å². The van der Waals surface area contributed by atoms with E-state index in [9.17, 15) is 13.2 Å². The van der Waals surface area contributed by atoms with E-state index in [1.165, 1.54) is 20.6 Å². The first-order valence-electron chi connectivity index (χ1n) is 8.03. The van der Waals surface area contributed by atoms with Gasteiger partial charge in [-0.2, -0.15) is 4.31 Å². The second-order valence-electron chi connectivity index (χ2n) is 5.56. The summed E-state index contributed by atoms with van der Waals surface area (Å²) in [5.41, 5.74) is -0.259. The first-order chi connectivity index (χ1) is 12.5. The molecule has 0 atom stereocenters. The highest BCUT2D eigenvalue weighted by atomic mass is 32.2. The van der Waals surface area contributed by atoms with Crippen LogP contribution in [0, 0.1) is 0 Å². The average molecular weight is 400 g/mol. The van der Waals surface area contributed by atoms with Crippen LogP contribution in [0.2, 0.25) is 0 Å². The van der Waals surface area contributed by atoms with Crippen molar-refractivity contribution in [1.82, 2.24) is 19.1 Å². The first-order valence-corrected chi connectivity index (χ1v) is 10.5. The third-order valence-electron chi connectivity index (χ3n) is 3.85. The minimum absolute atomic E-state index is 0.243. The van der Waals surface area contributed by atoms with Crippen molar-refractivity contribution in [3.63, 3.8) is 0 Å². The van der Waals surface area contributed by atoms with Crippen molar-refractivity contribution in [2.75, 3.05) is 38.7 Å². The van der Waals surface area contributed by atoms with Gasteiger partial charge >= 0.3 is 5.69 Å². The number of hydrogen-bond acceptors (Lipinski definition) is 7. The quantitative estimate of drug-likeness (QED) is 0.526. The summed E-state index contributed by atoms with van der Waals surface area (Å²) in [5.74, 6) is 1.19. The standard InChI is InChI=1S/C15H20N4O5S2/c1-18-14(20)16-17-15(18)25-11-10-24-12-2-4-13(5-3-12)26(21,22)19-6-8-23-9-7-19/h2-5H,6-11H2,1H3,(H,16,20). The maximum atomic E-state index is 12.5. The number of benzene rings is 1. The molecule has 11 heteroatoms. The zero-order valence-electron chi connectivity index (χ0n) is 14.3. The first kappa shape index (κ1) is 19.0. The molecule has 1 aromatic carbocycles. The fraction of sp³-hybridized carbons (Fsp3) is 0.467. The van der Waals surface area contributed by atoms with Crippen molar-refractivity contribution < 1.29 is 17.9 Å². The predicted octanol–water partition coefficient (Wildman–Crippen LogP) is 0.300. The fourth-order valence-electron chi connectivity index (χ4n) is 2.40. The summed E-state index contributed by atoms with van der Waals surface area (Å²) in [5, 5.41) is 6.85. The minimum Gasteiger partial charge on any atom is -0.493 e. The maximum absolute atomic E-state index is 12.5. The van der Waals surface area contributed by atoms with Gasteiger partial charge in [-0.25, -0.2) is 18.3 Å². The Kier molecular flexibility index (Phi) is 6.01. The van der Waals surface area contributed by atoms with E-state index in [0.29, 0.717) is 49.6 Å². The van der Waals surface area contributed by atoms with Gasteiger partial charge in [-0.05, 0) is 24.3 Å². The van der Waals surface area contributed by atoms with Crippen LogP contribution in [-0.4, -0.2) is 66.2 Å². The third-order valence-corrected chi connectivity index (χ3v) is 6.76. The fourth-order valence-corrected chi connectivity index (χ4v) is 4.54. The molecule has 2 heterocycles. The number of aromatic nitrogens is 3. The molecule has 3 rings (SSSR count). The van der Waals surface area contributed by atoms with Crippen molar-refractivity contribution in [1.29, 1.82) is 0 Å². The Hall–Kier alpha value is -1.82. The monoisotopic (exact) mass is 400 g/mol. The van der Waals surface area contributed by atoms with Crippen LogP contribution in [-0.2, 0) is 21.8 Å². The lowest BCUT2D eigenvalue weighted by molar-refractivity contribution is 0.0730. The molecule has 1 N–H and O–H groups in total. The van der Waals surface area contributed by atoms with E-state index >= 15 is 0 Å². The molecule has 26 heavy (non-hydrogen) atoms. The molecule has 1 aromatic heterocycles. The van der Waals surface area contributed by atoms with Crippen molar-refractivity contribution in [2.45, 2.75) is 10.1 Å². The summed E-state index contributed by atoms with van der Waals surface area (Å²) >= 11 is 1.39. The number of hydrogen-bond donors (Lipinski definition) is 1. The molecule has 0 amide bonds. The van der Waals surface area contributed by atoms with Gasteiger partial charge in [0.05, 0.1) is 24.7 Å². The Bertz CT molecular complexity index is 886. The average Bonchev–Trinajstić information content (AvgIpc) is 2.98. The highest BCUT2D eigenvalue weighted by Gasteiger charge is 2.26. The van der Waals surface area contributed by atoms with Gasteiger partial charge in [-0.15, -0.1) is 5.10 Å². The van der Waals surface area contributed by atoms with Crippen LogP contribution >= 0.6 is 11.8 Å². The molecule has 0 aliphatic carbocycles. The van der Waals surface area contributed by atoms with Crippen molar-refractivity contribution in [3.05, 3.63) is 34.7 Å². The summed E-state index contributed by atoms with van der Waals surface area (Å²) in [6.07, 6.45) is 0. The van der Waals surface area contributed by atoms with E-state index in [1.807, 2.05) is 0 Å². The molecule has 0 saturated carbocycles. The number of thioether (sulfide) groups is 1. The van der Waals surface area contributed by atoms with Gasteiger partial charge in [0.25, 0.3) is 0 Å². The number of H-pyrrole nitrogens is 1. The lowest BCUT2D eigenvalue weighted by Crippen LogP contribution is -2.40. The van der Waals surface area contributed by atoms with Crippen LogP contribution in [0.5, 0.6) is 5.75 Å². The normalized spacial score (nSPS) is 15.9. The van der Waals surface area contributed by atoms with E-state index < -0.39 is 10.0 Å². The van der Waals surface area contributed by atoms with E-state index in [1.54, 1.807) is 31.3 Å². The van der Waals surface area contributed by atoms with Crippen LogP contribution in [0.25, 0.3) is 0 Å². The highest BCUT2D eigenvalue weighted by molar-refractivity contribution is 7.99. The van der Waals surface area contributed by atoms with Crippen LogP contribution in [0.15, 0.2) is 39.1 Å². The molecule has 2 aromatic rings. The zero-order chi connectivity index (χ0) is 18.6.